The van der Waals surface area contributed by atoms with Gasteiger partial charge in [-0.15, -0.1) is 0 Å². The average molecular weight is 175 g/mol. The summed E-state index contributed by atoms with van der Waals surface area (Å²) in [5.41, 5.74) is 7.14. The van der Waals surface area contributed by atoms with Gasteiger partial charge in [0.1, 0.15) is 0 Å². The normalized spacial score (nSPS) is 12.4. The van der Waals surface area contributed by atoms with Crippen LogP contribution in [0.4, 0.5) is 0 Å². The summed E-state index contributed by atoms with van der Waals surface area (Å²) in [4.78, 5) is 20.6. The molecule has 0 spiro atoms. The highest BCUT2D eigenvalue weighted by Crippen LogP contribution is 1.99. The Kier molecular flexibility index (Phi) is 4.98. The predicted octanol–water partition coefficient (Wildman–Crippen LogP) is -1.44. The third kappa shape index (κ3) is 4.64. The predicted molar refractivity (Wildman–Crippen MR) is 41.8 cm³/mol. The lowest BCUT2D eigenvalue weighted by Gasteiger charge is -2.09. The molecule has 6 N–H and O–H groups in total. The fourth-order valence-electron chi connectivity index (χ4n) is 0.765. The van der Waals surface area contributed by atoms with E-state index in [1.165, 1.54) is 0 Å². The molecule has 0 saturated carbocycles. The maximum absolute atomic E-state index is 10.5. The quantitative estimate of drug-likeness (QED) is 0.291. The summed E-state index contributed by atoms with van der Waals surface area (Å²) in [6, 6.07) is -0.635. The van der Waals surface area contributed by atoms with Gasteiger partial charge in [-0.2, -0.15) is 0 Å². The number of hydrogen-bond donors (Lipinski definition) is 4. The Morgan fingerprint density at radius 2 is 2.08 bits per heavy atom. The topological polar surface area (TPSA) is 118 Å². The lowest BCUT2D eigenvalue weighted by molar-refractivity contribution is -0.137. The van der Waals surface area contributed by atoms with Gasteiger partial charge in [0, 0.05) is 6.42 Å². The molecule has 0 aliphatic carbocycles. The summed E-state index contributed by atoms with van der Waals surface area (Å²) in [6.45, 7) is 0. The highest BCUT2D eigenvalue weighted by atomic mass is 16.4. The number of amides is 1. The molecule has 0 bridgehead atoms. The molecule has 0 aromatic rings. The molecular formula is C6H13N3O3. The Labute approximate surface area is 69.9 Å². The molecule has 0 radical (unpaired) electrons. The van der Waals surface area contributed by atoms with Crippen LogP contribution in [0, 0.1) is 0 Å². The Balaban J connectivity index is 3.59. The SMILES string of the molecule is NNC(CCCC(=O)O)C(N)=O. The first-order chi connectivity index (χ1) is 5.57. The number of rotatable bonds is 6. The van der Waals surface area contributed by atoms with Crippen molar-refractivity contribution in [2.24, 2.45) is 11.6 Å². The molecule has 0 rings (SSSR count). The molecule has 6 heteroatoms. The van der Waals surface area contributed by atoms with Gasteiger partial charge in [0.15, 0.2) is 0 Å². The molecule has 1 unspecified atom stereocenters. The summed E-state index contributed by atoms with van der Waals surface area (Å²) in [7, 11) is 0. The molecule has 1 atom stereocenters. The van der Waals surface area contributed by atoms with Crippen LogP contribution in [0.3, 0.4) is 0 Å². The van der Waals surface area contributed by atoms with E-state index in [0.717, 1.165) is 0 Å². The summed E-state index contributed by atoms with van der Waals surface area (Å²) in [5.74, 6) is 3.53. The Morgan fingerprint density at radius 1 is 1.50 bits per heavy atom. The van der Waals surface area contributed by atoms with Crippen LogP contribution in [0.1, 0.15) is 19.3 Å². The van der Waals surface area contributed by atoms with Crippen LogP contribution in [0.5, 0.6) is 0 Å². The van der Waals surface area contributed by atoms with Crippen molar-refractivity contribution >= 4 is 11.9 Å². The molecule has 0 aliphatic rings. The van der Waals surface area contributed by atoms with E-state index in [1.807, 2.05) is 0 Å². The highest BCUT2D eigenvalue weighted by Gasteiger charge is 2.12. The first-order valence-corrected chi connectivity index (χ1v) is 3.55. The summed E-state index contributed by atoms with van der Waals surface area (Å²) in [5, 5.41) is 8.27. The van der Waals surface area contributed by atoms with E-state index in [9.17, 15) is 9.59 Å². The number of carbonyl (C=O) groups is 2. The number of hydrazine groups is 1. The van der Waals surface area contributed by atoms with Crippen LogP contribution < -0.4 is 17.0 Å². The summed E-state index contributed by atoms with van der Waals surface area (Å²) < 4.78 is 0. The zero-order valence-electron chi connectivity index (χ0n) is 6.62. The Bertz CT molecular complexity index is 171. The number of carbonyl (C=O) groups excluding carboxylic acids is 1. The fraction of sp³-hybridized carbons (Fsp3) is 0.667. The number of aliphatic carboxylic acids is 1. The van der Waals surface area contributed by atoms with E-state index >= 15 is 0 Å². The molecule has 0 aromatic carbocycles. The van der Waals surface area contributed by atoms with Crippen LogP contribution in [-0.4, -0.2) is 23.0 Å². The van der Waals surface area contributed by atoms with Gasteiger partial charge >= 0.3 is 5.97 Å². The van der Waals surface area contributed by atoms with Gasteiger partial charge in [0.2, 0.25) is 5.91 Å². The van der Waals surface area contributed by atoms with Crippen molar-refractivity contribution in [3.05, 3.63) is 0 Å². The second-order valence-electron chi connectivity index (χ2n) is 2.41. The van der Waals surface area contributed by atoms with Gasteiger partial charge in [-0.1, -0.05) is 0 Å². The van der Waals surface area contributed by atoms with Crippen LogP contribution in [0.15, 0.2) is 0 Å². The summed E-state index contributed by atoms with van der Waals surface area (Å²) >= 11 is 0. The van der Waals surface area contributed by atoms with Crippen molar-refractivity contribution in [3.63, 3.8) is 0 Å². The number of primary amides is 1. The number of nitrogens with two attached hydrogens (primary N) is 2. The van der Waals surface area contributed by atoms with Crippen molar-refractivity contribution in [2.45, 2.75) is 25.3 Å². The van der Waals surface area contributed by atoms with Crippen LogP contribution in [-0.2, 0) is 9.59 Å². The van der Waals surface area contributed by atoms with Crippen molar-refractivity contribution in [3.8, 4) is 0 Å². The molecule has 1 amide bonds. The lowest BCUT2D eigenvalue weighted by Crippen LogP contribution is -2.44. The average Bonchev–Trinajstić information content (AvgIpc) is 1.96. The van der Waals surface area contributed by atoms with Gasteiger partial charge in [0.25, 0.3) is 0 Å². The van der Waals surface area contributed by atoms with Crippen LogP contribution >= 0.6 is 0 Å². The largest absolute Gasteiger partial charge is 0.481 e. The van der Waals surface area contributed by atoms with Gasteiger partial charge in [-0.3, -0.25) is 15.4 Å². The second-order valence-corrected chi connectivity index (χ2v) is 2.41. The molecule has 0 heterocycles. The molecular weight excluding hydrogens is 162 g/mol. The molecule has 6 nitrogen and oxygen atoms in total. The van der Waals surface area contributed by atoms with Crippen molar-refractivity contribution in [2.75, 3.05) is 0 Å². The van der Waals surface area contributed by atoms with E-state index in [2.05, 4.69) is 5.43 Å². The monoisotopic (exact) mass is 175 g/mol. The summed E-state index contributed by atoms with van der Waals surface area (Å²) in [6.07, 6.45) is 0.747. The minimum absolute atomic E-state index is 0.0193. The molecule has 0 fully saturated rings. The maximum Gasteiger partial charge on any atom is 0.303 e. The maximum atomic E-state index is 10.5. The van der Waals surface area contributed by atoms with Crippen LogP contribution in [0.25, 0.3) is 0 Å². The fourth-order valence-corrected chi connectivity index (χ4v) is 0.765. The first-order valence-electron chi connectivity index (χ1n) is 3.55. The van der Waals surface area contributed by atoms with Crippen molar-refractivity contribution in [1.29, 1.82) is 0 Å². The number of nitrogens with one attached hydrogen (secondary N) is 1. The van der Waals surface area contributed by atoms with Gasteiger partial charge in [0.05, 0.1) is 6.04 Å². The Morgan fingerprint density at radius 3 is 2.42 bits per heavy atom. The van der Waals surface area contributed by atoms with E-state index < -0.39 is 17.9 Å². The minimum Gasteiger partial charge on any atom is -0.481 e. The van der Waals surface area contributed by atoms with Crippen molar-refractivity contribution in [1.82, 2.24) is 5.43 Å². The first kappa shape index (κ1) is 10.9. The standard InChI is InChI=1S/C6H13N3O3/c7-6(12)4(9-8)2-1-3-5(10)11/h4,9H,1-3,8H2,(H2,7,12)(H,10,11). The smallest absolute Gasteiger partial charge is 0.303 e. The van der Waals surface area contributed by atoms with Gasteiger partial charge in [-0.25, -0.2) is 5.43 Å². The van der Waals surface area contributed by atoms with E-state index in [-0.39, 0.29) is 6.42 Å². The molecule has 0 saturated heterocycles. The number of hydrogen-bond acceptors (Lipinski definition) is 4. The van der Waals surface area contributed by atoms with E-state index in [4.69, 9.17) is 16.7 Å². The molecule has 70 valence electrons. The highest BCUT2D eigenvalue weighted by molar-refractivity contribution is 5.79. The van der Waals surface area contributed by atoms with Gasteiger partial charge in [-0.05, 0) is 12.8 Å². The van der Waals surface area contributed by atoms with E-state index in [1.54, 1.807) is 0 Å². The number of carboxylic acid groups (broad SMARTS) is 1. The molecule has 12 heavy (non-hydrogen) atoms. The molecule has 0 aliphatic heterocycles. The van der Waals surface area contributed by atoms with Crippen LogP contribution in [0.2, 0.25) is 0 Å². The van der Waals surface area contributed by atoms with Gasteiger partial charge < -0.3 is 10.8 Å². The minimum atomic E-state index is -0.893. The third-order valence-corrected chi connectivity index (χ3v) is 1.43. The Hall–Kier alpha value is -1.14. The zero-order chi connectivity index (χ0) is 9.56. The second kappa shape index (κ2) is 5.50. The third-order valence-electron chi connectivity index (χ3n) is 1.43. The van der Waals surface area contributed by atoms with Crippen molar-refractivity contribution < 1.29 is 14.7 Å². The van der Waals surface area contributed by atoms with E-state index in [0.29, 0.717) is 12.8 Å². The number of carboxylic acids is 1. The molecule has 0 aromatic heterocycles. The lowest BCUT2D eigenvalue weighted by atomic mass is 10.1. The zero-order valence-corrected chi connectivity index (χ0v) is 6.62.